The number of aromatic nitrogens is 1. The van der Waals surface area contributed by atoms with E-state index < -0.39 is 27.8 Å². The lowest BCUT2D eigenvalue weighted by Crippen LogP contribution is -2.43. The first-order valence-corrected chi connectivity index (χ1v) is 7.90. The predicted molar refractivity (Wildman–Crippen MR) is 70.3 cm³/mol. The number of amides is 1. The Labute approximate surface area is 115 Å². The van der Waals surface area contributed by atoms with E-state index in [1.165, 1.54) is 12.1 Å². The molecule has 0 radical (unpaired) electrons. The number of carbonyl (C=O) groups is 2. The number of nitrogens with one attached hydrogen (secondary N) is 1. The van der Waals surface area contributed by atoms with Crippen molar-refractivity contribution in [2.45, 2.75) is 18.9 Å². The topological polar surface area (TPSA) is 113 Å². The average Bonchev–Trinajstić information content (AvgIpc) is 2.37. The van der Waals surface area contributed by atoms with E-state index in [0.29, 0.717) is 12.8 Å². The van der Waals surface area contributed by atoms with Crippen LogP contribution >= 0.6 is 0 Å². The minimum absolute atomic E-state index is 0.0562. The molecule has 1 aromatic rings. The fourth-order valence-corrected chi connectivity index (χ4v) is 3.70. The van der Waals surface area contributed by atoms with Crippen molar-refractivity contribution >= 4 is 21.7 Å². The normalized spacial score (nSPS) is 21.1. The molecule has 20 heavy (non-hydrogen) atoms. The molecule has 0 bridgehead atoms. The SMILES string of the molecule is O=C(NC1CCCS(=O)(=O)C1)c1ccc(C(=O)O)nc1. The maximum Gasteiger partial charge on any atom is 0.354 e. The number of rotatable bonds is 3. The van der Waals surface area contributed by atoms with Gasteiger partial charge in [-0.05, 0) is 25.0 Å². The third kappa shape index (κ3) is 3.53. The number of carbonyl (C=O) groups excluding carboxylic acids is 1. The van der Waals surface area contributed by atoms with Crippen molar-refractivity contribution in [2.75, 3.05) is 11.5 Å². The molecule has 108 valence electrons. The number of sulfone groups is 1. The van der Waals surface area contributed by atoms with Gasteiger partial charge in [-0.2, -0.15) is 0 Å². The molecule has 1 aliphatic heterocycles. The summed E-state index contributed by atoms with van der Waals surface area (Å²) in [5.41, 5.74) is 0.0553. The van der Waals surface area contributed by atoms with Gasteiger partial charge in [0.05, 0.1) is 17.1 Å². The molecule has 0 aliphatic carbocycles. The van der Waals surface area contributed by atoms with Gasteiger partial charge in [0, 0.05) is 12.2 Å². The molecule has 1 unspecified atom stereocenters. The van der Waals surface area contributed by atoms with Crippen LogP contribution in [0.15, 0.2) is 18.3 Å². The zero-order valence-electron chi connectivity index (χ0n) is 10.6. The smallest absolute Gasteiger partial charge is 0.354 e. The van der Waals surface area contributed by atoms with Gasteiger partial charge >= 0.3 is 5.97 Å². The van der Waals surface area contributed by atoms with Crippen molar-refractivity contribution in [3.05, 3.63) is 29.6 Å². The number of carboxylic acid groups (broad SMARTS) is 1. The number of hydrogen-bond acceptors (Lipinski definition) is 5. The molecule has 1 saturated heterocycles. The van der Waals surface area contributed by atoms with Crippen LogP contribution < -0.4 is 5.32 Å². The van der Waals surface area contributed by atoms with Gasteiger partial charge in [0.15, 0.2) is 9.84 Å². The molecular formula is C12H14N2O5S. The second-order valence-corrected chi connectivity index (χ2v) is 6.89. The van der Waals surface area contributed by atoms with Crippen LogP contribution in [0.5, 0.6) is 0 Å². The third-order valence-electron chi connectivity index (χ3n) is 3.04. The van der Waals surface area contributed by atoms with E-state index in [4.69, 9.17) is 5.11 Å². The lowest BCUT2D eigenvalue weighted by Gasteiger charge is -2.22. The van der Waals surface area contributed by atoms with E-state index >= 15 is 0 Å². The minimum Gasteiger partial charge on any atom is -0.477 e. The first kappa shape index (κ1) is 14.4. The van der Waals surface area contributed by atoms with E-state index in [-0.39, 0.29) is 22.8 Å². The van der Waals surface area contributed by atoms with E-state index in [9.17, 15) is 18.0 Å². The Morgan fingerprint density at radius 3 is 2.65 bits per heavy atom. The number of nitrogens with zero attached hydrogens (tertiary/aromatic N) is 1. The summed E-state index contributed by atoms with van der Waals surface area (Å²) in [6, 6.07) is 2.18. The maximum absolute atomic E-state index is 11.9. The zero-order valence-corrected chi connectivity index (χ0v) is 11.4. The van der Waals surface area contributed by atoms with Gasteiger partial charge in [-0.15, -0.1) is 0 Å². The molecule has 1 aromatic heterocycles. The highest BCUT2D eigenvalue weighted by Crippen LogP contribution is 2.12. The van der Waals surface area contributed by atoms with E-state index in [0.717, 1.165) is 6.20 Å². The van der Waals surface area contributed by atoms with E-state index in [1.54, 1.807) is 0 Å². The molecule has 1 fully saturated rings. The molecule has 2 rings (SSSR count). The molecule has 1 amide bonds. The molecule has 0 aromatic carbocycles. The number of carboxylic acids is 1. The molecule has 0 spiro atoms. The highest BCUT2D eigenvalue weighted by Gasteiger charge is 2.26. The van der Waals surface area contributed by atoms with Gasteiger partial charge in [0.25, 0.3) is 5.91 Å². The second kappa shape index (κ2) is 5.58. The molecule has 8 heteroatoms. The van der Waals surface area contributed by atoms with Crippen LogP contribution in [0.4, 0.5) is 0 Å². The molecule has 2 N–H and O–H groups in total. The van der Waals surface area contributed by atoms with Crippen molar-refractivity contribution < 1.29 is 23.1 Å². The summed E-state index contributed by atoms with van der Waals surface area (Å²) >= 11 is 0. The number of hydrogen-bond donors (Lipinski definition) is 2. The van der Waals surface area contributed by atoms with Crippen LogP contribution in [0, 0.1) is 0 Å². The van der Waals surface area contributed by atoms with Crippen LogP contribution in [-0.2, 0) is 9.84 Å². The highest BCUT2D eigenvalue weighted by atomic mass is 32.2. The minimum atomic E-state index is -3.09. The Kier molecular flexibility index (Phi) is 4.03. The Balaban J connectivity index is 2.03. The Hall–Kier alpha value is -1.96. The number of aromatic carboxylic acids is 1. The third-order valence-corrected chi connectivity index (χ3v) is 4.86. The quantitative estimate of drug-likeness (QED) is 0.817. The molecule has 7 nitrogen and oxygen atoms in total. The van der Waals surface area contributed by atoms with Gasteiger partial charge in [0.1, 0.15) is 5.69 Å². The molecule has 0 saturated carbocycles. The lowest BCUT2D eigenvalue weighted by molar-refractivity contribution is 0.0689. The molecular weight excluding hydrogens is 284 g/mol. The zero-order chi connectivity index (χ0) is 14.8. The van der Waals surface area contributed by atoms with Crippen LogP contribution in [0.3, 0.4) is 0 Å². The number of pyridine rings is 1. The van der Waals surface area contributed by atoms with Gasteiger partial charge in [-0.3, -0.25) is 4.79 Å². The molecule has 1 atom stereocenters. The van der Waals surface area contributed by atoms with Gasteiger partial charge in [-0.25, -0.2) is 18.2 Å². The Bertz CT molecular complexity index is 624. The largest absolute Gasteiger partial charge is 0.477 e. The summed E-state index contributed by atoms with van der Waals surface area (Å²) in [6.07, 6.45) is 2.31. The van der Waals surface area contributed by atoms with Crippen LogP contribution in [0.25, 0.3) is 0 Å². The van der Waals surface area contributed by atoms with Gasteiger partial charge in [0.2, 0.25) is 0 Å². The summed E-state index contributed by atoms with van der Waals surface area (Å²) in [4.78, 5) is 26.2. The molecule has 2 heterocycles. The van der Waals surface area contributed by atoms with Crippen LogP contribution in [0.1, 0.15) is 33.7 Å². The van der Waals surface area contributed by atoms with Gasteiger partial charge < -0.3 is 10.4 Å². The summed E-state index contributed by atoms with van der Waals surface area (Å²) < 4.78 is 22.9. The van der Waals surface area contributed by atoms with Crippen LogP contribution in [0.2, 0.25) is 0 Å². The average molecular weight is 298 g/mol. The summed E-state index contributed by atoms with van der Waals surface area (Å²) in [6.45, 7) is 0. The monoisotopic (exact) mass is 298 g/mol. The fraction of sp³-hybridized carbons (Fsp3) is 0.417. The van der Waals surface area contributed by atoms with Gasteiger partial charge in [-0.1, -0.05) is 0 Å². The van der Waals surface area contributed by atoms with Crippen molar-refractivity contribution in [3.63, 3.8) is 0 Å². The summed E-state index contributed by atoms with van der Waals surface area (Å²) in [5, 5.41) is 11.3. The summed E-state index contributed by atoms with van der Waals surface area (Å²) in [5.74, 6) is -1.51. The second-order valence-electron chi connectivity index (χ2n) is 4.66. The van der Waals surface area contributed by atoms with Crippen molar-refractivity contribution in [1.29, 1.82) is 0 Å². The molecule has 1 aliphatic rings. The standard InChI is InChI=1S/C12H14N2O5S/c15-11(8-3-4-10(12(16)17)13-6-8)14-9-2-1-5-20(18,19)7-9/h3-4,6,9H,1-2,5,7H2,(H,14,15)(H,16,17). The fourth-order valence-electron chi connectivity index (χ4n) is 2.06. The Morgan fingerprint density at radius 2 is 2.10 bits per heavy atom. The first-order valence-electron chi connectivity index (χ1n) is 6.08. The maximum atomic E-state index is 11.9. The predicted octanol–water partition coefficient (Wildman–Crippen LogP) is 0.0868. The van der Waals surface area contributed by atoms with Crippen LogP contribution in [-0.4, -0.2) is 47.9 Å². The lowest BCUT2D eigenvalue weighted by atomic mass is 10.1. The van der Waals surface area contributed by atoms with Crippen molar-refractivity contribution in [2.24, 2.45) is 0 Å². The van der Waals surface area contributed by atoms with Crippen molar-refractivity contribution in [3.8, 4) is 0 Å². The summed E-state index contributed by atoms with van der Waals surface area (Å²) in [7, 11) is -3.09. The first-order chi connectivity index (χ1) is 9.37. The van der Waals surface area contributed by atoms with E-state index in [2.05, 4.69) is 10.3 Å². The van der Waals surface area contributed by atoms with Crippen molar-refractivity contribution in [1.82, 2.24) is 10.3 Å². The highest BCUT2D eigenvalue weighted by molar-refractivity contribution is 7.91. The Morgan fingerprint density at radius 1 is 1.35 bits per heavy atom. The van der Waals surface area contributed by atoms with E-state index in [1.807, 2.05) is 0 Å².